The fraction of sp³-hybridized carbons (Fsp3) is 0.360. The molecule has 0 spiro atoms. The molecule has 2 aliphatic rings. The minimum atomic E-state index is -1.66. The molecule has 0 bridgehead atoms. The number of halogens is 2. The van der Waals surface area contributed by atoms with E-state index < -0.39 is 23.8 Å². The van der Waals surface area contributed by atoms with Gasteiger partial charge in [0.05, 0.1) is 5.92 Å². The van der Waals surface area contributed by atoms with Crippen LogP contribution in [-0.2, 0) is 6.42 Å². The molecule has 0 nitrogen and oxygen atoms in total. The molecule has 1 aromatic rings. The van der Waals surface area contributed by atoms with Crippen molar-refractivity contribution >= 4 is 0 Å². The highest BCUT2D eigenvalue weighted by Crippen LogP contribution is 2.38. The van der Waals surface area contributed by atoms with E-state index in [0.29, 0.717) is 5.57 Å². The molecule has 1 aromatic carbocycles. The van der Waals surface area contributed by atoms with Crippen LogP contribution in [0.2, 0.25) is 0 Å². The molecule has 2 unspecified atom stereocenters. The van der Waals surface area contributed by atoms with Gasteiger partial charge in [-0.3, -0.25) is 0 Å². The molecule has 0 amide bonds. The molecule has 27 heavy (non-hydrogen) atoms. The molecule has 0 fully saturated rings. The number of aryl methyl sites for hydroxylation is 1. The van der Waals surface area contributed by atoms with E-state index in [2.05, 4.69) is 25.7 Å². The number of rotatable bonds is 6. The van der Waals surface area contributed by atoms with Crippen LogP contribution in [0.5, 0.6) is 0 Å². The number of hydrogen-bond donors (Lipinski definition) is 0. The summed E-state index contributed by atoms with van der Waals surface area (Å²) in [6.45, 7) is 4.22. The Labute approximate surface area is 161 Å². The minimum Gasteiger partial charge on any atom is -0.239 e. The molecule has 0 saturated carbocycles. The first-order valence-electron chi connectivity index (χ1n) is 9.83. The number of allylic oxidation sites excluding steroid dienone is 8. The average Bonchev–Trinajstić information content (AvgIpc) is 2.94. The smallest absolute Gasteiger partial charge is 0.162 e. The summed E-state index contributed by atoms with van der Waals surface area (Å²) in [7, 11) is 0. The summed E-state index contributed by atoms with van der Waals surface area (Å²) in [4.78, 5) is 0. The second-order valence-electron chi connectivity index (χ2n) is 7.13. The lowest BCUT2D eigenvalue weighted by molar-refractivity contribution is 0.294. The van der Waals surface area contributed by atoms with Crippen molar-refractivity contribution in [2.24, 2.45) is 5.92 Å². The lowest BCUT2D eigenvalue weighted by Crippen LogP contribution is -2.19. The first-order valence-corrected chi connectivity index (χ1v) is 9.83. The van der Waals surface area contributed by atoms with Gasteiger partial charge in [-0.1, -0.05) is 80.7 Å². The average molecular weight is 364 g/mol. The van der Waals surface area contributed by atoms with Gasteiger partial charge < -0.3 is 0 Å². The molecule has 0 radical (unpaired) electrons. The third kappa shape index (κ3) is 4.48. The number of unbranched alkanes of at least 4 members (excludes halogenated alkanes) is 1. The summed E-state index contributed by atoms with van der Waals surface area (Å²) < 4.78 is 29.8. The van der Waals surface area contributed by atoms with Gasteiger partial charge in [-0.25, -0.2) is 8.78 Å². The molecule has 0 aromatic heterocycles. The van der Waals surface area contributed by atoms with Gasteiger partial charge in [0.2, 0.25) is 0 Å². The zero-order valence-electron chi connectivity index (χ0n) is 16.0. The molecule has 2 heteroatoms. The maximum absolute atomic E-state index is 14.9. The Hall–Kier alpha value is -2.40. The van der Waals surface area contributed by atoms with Crippen molar-refractivity contribution in [2.75, 3.05) is 0 Å². The van der Waals surface area contributed by atoms with Crippen molar-refractivity contribution in [2.45, 2.75) is 51.6 Å². The van der Waals surface area contributed by atoms with E-state index in [4.69, 9.17) is 0 Å². The van der Waals surface area contributed by atoms with Gasteiger partial charge in [0.15, 0.2) is 6.17 Å². The Balaban J connectivity index is 1.77. The van der Waals surface area contributed by atoms with Crippen LogP contribution in [-0.4, -0.2) is 6.17 Å². The normalized spacial score (nSPS) is 24.3. The second-order valence-corrected chi connectivity index (χ2v) is 7.13. The summed E-state index contributed by atoms with van der Waals surface area (Å²) in [5.74, 6) is 4.38. The molecular weight excluding hydrogens is 338 g/mol. The van der Waals surface area contributed by atoms with Gasteiger partial charge in [0.25, 0.3) is 0 Å². The van der Waals surface area contributed by atoms with E-state index in [-0.39, 0.29) is 0 Å². The van der Waals surface area contributed by atoms with Gasteiger partial charge >= 0.3 is 0 Å². The summed E-state index contributed by atoms with van der Waals surface area (Å²) in [5, 5.41) is 0. The minimum absolute atomic E-state index is 0.345. The molecule has 0 N–H and O–H groups in total. The van der Waals surface area contributed by atoms with Crippen LogP contribution in [0.4, 0.5) is 8.78 Å². The molecule has 3 atom stereocenters. The van der Waals surface area contributed by atoms with Crippen LogP contribution >= 0.6 is 0 Å². The number of benzene rings is 1. The summed E-state index contributed by atoms with van der Waals surface area (Å²) >= 11 is 0. The van der Waals surface area contributed by atoms with E-state index in [9.17, 15) is 8.78 Å². The highest BCUT2D eigenvalue weighted by Gasteiger charge is 2.31. The van der Waals surface area contributed by atoms with Crippen molar-refractivity contribution in [1.82, 2.24) is 0 Å². The van der Waals surface area contributed by atoms with Crippen LogP contribution < -0.4 is 0 Å². The van der Waals surface area contributed by atoms with Crippen molar-refractivity contribution in [3.8, 4) is 11.8 Å². The van der Waals surface area contributed by atoms with E-state index in [0.717, 1.165) is 36.8 Å². The quantitative estimate of drug-likeness (QED) is 0.489. The Bertz CT molecular complexity index is 841. The highest BCUT2D eigenvalue weighted by atomic mass is 19.2. The predicted octanol–water partition coefficient (Wildman–Crippen LogP) is 6.77. The van der Waals surface area contributed by atoms with Gasteiger partial charge in [-0.05, 0) is 42.0 Å². The van der Waals surface area contributed by atoms with Crippen molar-refractivity contribution in [3.63, 3.8) is 0 Å². The van der Waals surface area contributed by atoms with E-state index >= 15 is 0 Å². The summed E-state index contributed by atoms with van der Waals surface area (Å²) in [6.07, 6.45) is 11.7. The van der Waals surface area contributed by atoms with Gasteiger partial charge in [-0.2, -0.15) is 0 Å². The molecule has 0 aliphatic heterocycles. The Kier molecular flexibility index (Phi) is 6.45. The first-order chi connectivity index (χ1) is 13.1. The molecular formula is C25H26F2. The fourth-order valence-electron chi connectivity index (χ4n) is 3.47. The van der Waals surface area contributed by atoms with Crippen LogP contribution in [0.25, 0.3) is 0 Å². The van der Waals surface area contributed by atoms with Gasteiger partial charge in [-0.15, -0.1) is 0 Å². The molecule has 0 heterocycles. The van der Waals surface area contributed by atoms with Crippen LogP contribution in [0.1, 0.15) is 50.2 Å². The second kappa shape index (κ2) is 9.00. The Morgan fingerprint density at radius 3 is 2.52 bits per heavy atom. The van der Waals surface area contributed by atoms with Crippen LogP contribution in [0, 0.1) is 17.8 Å². The lowest BCUT2D eigenvalue weighted by Gasteiger charge is -2.24. The highest BCUT2D eigenvalue weighted by molar-refractivity contribution is 5.47. The lowest BCUT2D eigenvalue weighted by atomic mass is 9.84. The maximum atomic E-state index is 14.9. The van der Waals surface area contributed by atoms with Crippen LogP contribution in [0.3, 0.4) is 0 Å². The molecule has 3 rings (SSSR count). The van der Waals surface area contributed by atoms with Gasteiger partial charge in [0, 0.05) is 11.5 Å². The Morgan fingerprint density at radius 2 is 1.81 bits per heavy atom. The van der Waals surface area contributed by atoms with E-state index in [1.165, 1.54) is 5.56 Å². The Morgan fingerprint density at radius 1 is 1.04 bits per heavy atom. The fourth-order valence-corrected chi connectivity index (χ4v) is 3.47. The predicted molar refractivity (Wildman–Crippen MR) is 109 cm³/mol. The third-order valence-electron chi connectivity index (χ3n) is 5.24. The zero-order chi connectivity index (χ0) is 19.2. The largest absolute Gasteiger partial charge is 0.239 e. The number of hydrogen-bond acceptors (Lipinski definition) is 0. The van der Waals surface area contributed by atoms with Crippen molar-refractivity contribution in [3.05, 3.63) is 82.7 Å². The monoisotopic (exact) mass is 364 g/mol. The van der Waals surface area contributed by atoms with Crippen molar-refractivity contribution in [1.29, 1.82) is 0 Å². The van der Waals surface area contributed by atoms with Gasteiger partial charge in [0.1, 0.15) is 5.83 Å². The summed E-state index contributed by atoms with van der Waals surface area (Å²) in [6, 6.07) is 7.76. The topological polar surface area (TPSA) is 0 Å². The standard InChI is InChI=1S/C25H26F2/c1-3-5-7-19-8-6-9-20(15-12-19)22-16-17-23(25(27)24(22)26)21-13-10-18(4-2)11-14-21/h8,10-17,20,23,25H,3-5,7H2,1-2H3/t20?,23?,25-/m1/s1. The van der Waals surface area contributed by atoms with E-state index in [1.807, 2.05) is 42.5 Å². The molecule has 0 saturated heterocycles. The first kappa shape index (κ1) is 19.4. The molecule has 140 valence electrons. The zero-order valence-corrected chi connectivity index (χ0v) is 16.0. The number of alkyl halides is 1. The van der Waals surface area contributed by atoms with Crippen molar-refractivity contribution < 1.29 is 8.78 Å². The molecule has 2 aliphatic carbocycles. The maximum Gasteiger partial charge on any atom is 0.162 e. The van der Waals surface area contributed by atoms with Crippen LogP contribution in [0.15, 0.2) is 71.6 Å². The third-order valence-corrected chi connectivity index (χ3v) is 5.24. The summed E-state index contributed by atoms with van der Waals surface area (Å²) in [5.41, 5.74) is 3.49. The van der Waals surface area contributed by atoms with E-state index in [1.54, 1.807) is 12.2 Å². The SMILES string of the molecule is CCCCC1=CC#CC(C2=C(F)[C@H](F)C(c3ccc(CC)cc3)C=C2)C=C1.